The third-order valence-electron chi connectivity index (χ3n) is 2.47. The first-order valence-electron chi connectivity index (χ1n) is 4.86. The van der Waals surface area contributed by atoms with Gasteiger partial charge in [0, 0.05) is 16.5 Å². The number of rotatable bonds is 3. The zero-order valence-corrected chi connectivity index (χ0v) is 12.6. The molecule has 1 aromatic rings. The van der Waals surface area contributed by atoms with Gasteiger partial charge in [-0.15, -0.1) is 0 Å². The van der Waals surface area contributed by atoms with E-state index < -0.39 is 0 Å². The molecule has 3 nitrogen and oxygen atoms in total. The number of amides is 1. The molecule has 0 fully saturated rings. The number of thiocarbonyl (C=S) groups is 1. The van der Waals surface area contributed by atoms with E-state index in [2.05, 4.69) is 15.9 Å². The second-order valence-corrected chi connectivity index (χ2v) is 5.38. The van der Waals surface area contributed by atoms with Gasteiger partial charge >= 0.3 is 0 Å². The molecule has 0 saturated carbocycles. The van der Waals surface area contributed by atoms with Crippen LogP contribution in [0.1, 0.15) is 17.3 Å². The van der Waals surface area contributed by atoms with Crippen LogP contribution in [0, 0.1) is 0 Å². The molecule has 1 amide bonds. The summed E-state index contributed by atoms with van der Waals surface area (Å²) >= 11 is 14.0. The maximum Gasteiger partial charge on any atom is 0.255 e. The van der Waals surface area contributed by atoms with Crippen LogP contribution in [-0.2, 0) is 0 Å². The van der Waals surface area contributed by atoms with E-state index in [-0.39, 0.29) is 16.9 Å². The maximum atomic E-state index is 12.2. The number of nitrogens with zero attached hydrogens (tertiary/aromatic N) is 1. The van der Waals surface area contributed by atoms with Gasteiger partial charge < -0.3 is 10.6 Å². The van der Waals surface area contributed by atoms with E-state index in [0.29, 0.717) is 15.1 Å². The molecule has 1 unspecified atom stereocenters. The second-order valence-electron chi connectivity index (χ2n) is 3.62. The average Bonchev–Trinajstić information content (AvgIpc) is 2.26. The predicted octanol–water partition coefficient (Wildman–Crippen LogP) is 2.85. The van der Waals surface area contributed by atoms with Crippen molar-refractivity contribution in [3.63, 3.8) is 0 Å². The molecule has 2 N–H and O–H groups in total. The van der Waals surface area contributed by atoms with Gasteiger partial charge in [0.15, 0.2) is 0 Å². The van der Waals surface area contributed by atoms with Gasteiger partial charge in [-0.3, -0.25) is 4.79 Å². The molecule has 92 valence electrons. The summed E-state index contributed by atoms with van der Waals surface area (Å²) in [6, 6.07) is 4.71. The summed E-state index contributed by atoms with van der Waals surface area (Å²) in [6.45, 7) is 1.78. The van der Waals surface area contributed by atoms with Crippen LogP contribution < -0.4 is 5.73 Å². The van der Waals surface area contributed by atoms with Crippen LogP contribution in [0.3, 0.4) is 0 Å². The fraction of sp³-hybridized carbons (Fsp3) is 0.273. The van der Waals surface area contributed by atoms with Crippen molar-refractivity contribution in [3.05, 3.63) is 33.3 Å². The van der Waals surface area contributed by atoms with E-state index >= 15 is 0 Å². The van der Waals surface area contributed by atoms with Crippen molar-refractivity contribution in [2.24, 2.45) is 5.73 Å². The van der Waals surface area contributed by atoms with Crippen LogP contribution in [0.25, 0.3) is 0 Å². The molecule has 0 heterocycles. The largest absolute Gasteiger partial charge is 0.392 e. The number of halogens is 2. The fourth-order valence-corrected chi connectivity index (χ4v) is 2.23. The molecule has 0 aliphatic heterocycles. The average molecular weight is 336 g/mol. The number of nitrogens with two attached hydrogens (primary N) is 1. The molecule has 17 heavy (non-hydrogen) atoms. The third kappa shape index (κ3) is 3.40. The zero-order valence-electron chi connectivity index (χ0n) is 9.41. The molecular formula is C11H12BrClN2OS. The lowest BCUT2D eigenvalue weighted by Gasteiger charge is -2.24. The van der Waals surface area contributed by atoms with Crippen molar-refractivity contribution >= 4 is 50.6 Å². The van der Waals surface area contributed by atoms with Gasteiger partial charge in [0.1, 0.15) is 0 Å². The van der Waals surface area contributed by atoms with Gasteiger partial charge in [0.2, 0.25) is 0 Å². The Kier molecular flexibility index (Phi) is 4.91. The molecule has 0 radical (unpaired) electrons. The summed E-state index contributed by atoms with van der Waals surface area (Å²) in [5.74, 6) is -0.158. The molecule has 0 aliphatic rings. The molecular weight excluding hydrogens is 324 g/mol. The zero-order chi connectivity index (χ0) is 13.2. The van der Waals surface area contributed by atoms with E-state index in [1.165, 1.54) is 4.90 Å². The molecule has 0 aromatic heterocycles. The highest BCUT2D eigenvalue weighted by atomic mass is 79.9. The topological polar surface area (TPSA) is 46.3 Å². The first-order valence-corrected chi connectivity index (χ1v) is 6.44. The SMILES string of the molecule is CC(C(N)=S)N(C)C(=O)c1ccc(Cl)cc1Br. The standard InChI is InChI=1S/C11H12BrClN2OS/c1-6(10(14)17)15(2)11(16)8-4-3-7(13)5-9(8)12/h3-6H,1-2H3,(H2,14,17). The maximum absolute atomic E-state index is 12.2. The summed E-state index contributed by atoms with van der Waals surface area (Å²) < 4.78 is 0.650. The molecule has 6 heteroatoms. The van der Waals surface area contributed by atoms with E-state index in [4.69, 9.17) is 29.6 Å². The third-order valence-corrected chi connectivity index (χ3v) is 3.71. The van der Waals surface area contributed by atoms with Gasteiger partial charge in [-0.05, 0) is 41.1 Å². The summed E-state index contributed by atoms with van der Waals surface area (Å²) in [5.41, 5.74) is 6.05. The van der Waals surface area contributed by atoms with Gasteiger partial charge in [0.05, 0.1) is 16.6 Å². The van der Waals surface area contributed by atoms with Gasteiger partial charge in [-0.25, -0.2) is 0 Å². The Balaban J connectivity index is 3.00. The van der Waals surface area contributed by atoms with Crippen LogP contribution in [0.15, 0.2) is 22.7 Å². The minimum atomic E-state index is -0.292. The van der Waals surface area contributed by atoms with Gasteiger partial charge in [0.25, 0.3) is 5.91 Å². The first-order chi connectivity index (χ1) is 7.84. The minimum Gasteiger partial charge on any atom is -0.392 e. The van der Waals surface area contributed by atoms with Gasteiger partial charge in [-0.1, -0.05) is 23.8 Å². The lowest BCUT2D eigenvalue weighted by atomic mass is 10.2. The normalized spacial score (nSPS) is 12.0. The Hall–Kier alpha value is -0.650. The second kappa shape index (κ2) is 5.80. The van der Waals surface area contributed by atoms with Crippen molar-refractivity contribution in [2.75, 3.05) is 7.05 Å². The minimum absolute atomic E-state index is 0.158. The van der Waals surface area contributed by atoms with E-state index in [9.17, 15) is 4.79 Å². The molecule has 0 aliphatic carbocycles. The first kappa shape index (κ1) is 14.4. The van der Waals surface area contributed by atoms with Crippen molar-refractivity contribution in [1.82, 2.24) is 4.90 Å². The van der Waals surface area contributed by atoms with E-state index in [1.54, 1.807) is 32.2 Å². The van der Waals surface area contributed by atoms with Gasteiger partial charge in [-0.2, -0.15) is 0 Å². The van der Waals surface area contributed by atoms with Crippen LogP contribution in [0.4, 0.5) is 0 Å². The van der Waals surface area contributed by atoms with Crippen molar-refractivity contribution in [3.8, 4) is 0 Å². The summed E-state index contributed by atoms with van der Waals surface area (Å²) in [6.07, 6.45) is 0. The molecule has 1 aromatic carbocycles. The van der Waals surface area contributed by atoms with Crippen LogP contribution in [0.2, 0.25) is 5.02 Å². The summed E-state index contributed by atoms with van der Waals surface area (Å²) in [4.78, 5) is 13.9. The van der Waals surface area contributed by atoms with Crippen molar-refractivity contribution < 1.29 is 4.79 Å². The molecule has 0 saturated heterocycles. The number of hydrogen-bond acceptors (Lipinski definition) is 2. The summed E-state index contributed by atoms with van der Waals surface area (Å²) in [5, 5.41) is 0.568. The van der Waals surface area contributed by atoms with E-state index in [1.807, 2.05) is 0 Å². The Morgan fingerprint density at radius 1 is 1.59 bits per heavy atom. The number of carbonyl (C=O) groups excluding carboxylic acids is 1. The highest BCUT2D eigenvalue weighted by Crippen LogP contribution is 2.23. The monoisotopic (exact) mass is 334 g/mol. The van der Waals surface area contributed by atoms with Crippen LogP contribution in [-0.4, -0.2) is 28.9 Å². The highest BCUT2D eigenvalue weighted by molar-refractivity contribution is 9.10. The molecule has 1 rings (SSSR count). The van der Waals surface area contributed by atoms with Crippen molar-refractivity contribution in [2.45, 2.75) is 13.0 Å². The van der Waals surface area contributed by atoms with Crippen LogP contribution in [0.5, 0.6) is 0 Å². The molecule has 0 spiro atoms. The number of carbonyl (C=O) groups is 1. The lowest BCUT2D eigenvalue weighted by molar-refractivity contribution is 0.0778. The Labute approximate surface area is 119 Å². The molecule has 1 atom stereocenters. The quantitative estimate of drug-likeness (QED) is 0.864. The smallest absolute Gasteiger partial charge is 0.255 e. The molecule has 0 bridgehead atoms. The predicted molar refractivity (Wildman–Crippen MR) is 77.5 cm³/mol. The summed E-state index contributed by atoms with van der Waals surface area (Å²) in [7, 11) is 1.66. The number of benzene rings is 1. The Morgan fingerprint density at radius 3 is 2.65 bits per heavy atom. The lowest BCUT2D eigenvalue weighted by Crippen LogP contribution is -2.42. The Bertz CT molecular complexity index is 467. The number of likely N-dealkylation sites (N-methyl/N-ethyl adjacent to an activating group) is 1. The fourth-order valence-electron chi connectivity index (χ4n) is 1.22. The Morgan fingerprint density at radius 2 is 2.18 bits per heavy atom. The van der Waals surface area contributed by atoms with Crippen molar-refractivity contribution in [1.29, 1.82) is 0 Å². The van der Waals surface area contributed by atoms with Crippen LogP contribution >= 0.6 is 39.7 Å². The highest BCUT2D eigenvalue weighted by Gasteiger charge is 2.21. The number of hydrogen-bond donors (Lipinski definition) is 1. The van der Waals surface area contributed by atoms with E-state index in [0.717, 1.165) is 0 Å².